The smallest absolute Gasteiger partial charge is 0.0487 e. The molecule has 0 saturated carbocycles. The molecule has 0 radical (unpaired) electrons. The van der Waals surface area contributed by atoms with Crippen LogP contribution in [0, 0.1) is 0 Å². The molecule has 0 unspecified atom stereocenters. The second-order valence-corrected chi connectivity index (χ2v) is 4.67. The second-order valence-electron chi connectivity index (χ2n) is 4.67. The van der Waals surface area contributed by atoms with Crippen LogP contribution in [-0.4, -0.2) is 7.05 Å². The molecule has 0 aromatic heterocycles. The molecule has 0 heterocycles. The first-order valence-electron chi connectivity index (χ1n) is 6.44. The molecule has 2 aromatic carbocycles. The van der Waals surface area contributed by atoms with Crippen LogP contribution >= 0.6 is 0 Å². The number of hydrogen-bond acceptors (Lipinski definition) is 1. The maximum absolute atomic E-state index is 2.31. The lowest BCUT2D eigenvalue weighted by Crippen LogP contribution is -2.16. The largest absolute Gasteiger partial charge is 0.344 e. The lowest BCUT2D eigenvalue weighted by Gasteiger charge is -2.24. The van der Waals surface area contributed by atoms with Gasteiger partial charge in [-0.1, -0.05) is 48.6 Å². The van der Waals surface area contributed by atoms with E-state index in [-0.39, 0.29) is 0 Å². The summed E-state index contributed by atoms with van der Waals surface area (Å²) in [5.41, 5.74) is 2.56. The van der Waals surface area contributed by atoms with Gasteiger partial charge >= 0.3 is 0 Å². The maximum atomic E-state index is 2.31. The zero-order valence-corrected chi connectivity index (χ0v) is 10.6. The van der Waals surface area contributed by atoms with Crippen LogP contribution in [0.3, 0.4) is 0 Å². The van der Waals surface area contributed by atoms with Crippen molar-refractivity contribution in [2.45, 2.75) is 12.8 Å². The number of allylic oxidation sites excluding steroid dienone is 3. The fourth-order valence-electron chi connectivity index (χ4n) is 2.49. The zero-order valence-electron chi connectivity index (χ0n) is 10.6. The molecule has 18 heavy (non-hydrogen) atoms. The van der Waals surface area contributed by atoms with Crippen LogP contribution in [0.1, 0.15) is 12.8 Å². The molecular formula is C17H17N. The predicted octanol–water partition coefficient (Wildman–Crippen LogP) is 4.51. The number of likely N-dealkylation sites (N-methyl/N-ethyl adjacent to an activating group) is 1. The Morgan fingerprint density at radius 1 is 0.944 bits per heavy atom. The molecule has 0 spiro atoms. The van der Waals surface area contributed by atoms with Crippen molar-refractivity contribution in [1.29, 1.82) is 0 Å². The molecular weight excluding hydrogens is 218 g/mol. The number of nitrogens with zero attached hydrogens (tertiary/aromatic N) is 1. The van der Waals surface area contributed by atoms with Gasteiger partial charge in [0.1, 0.15) is 0 Å². The van der Waals surface area contributed by atoms with Crippen LogP contribution < -0.4 is 4.90 Å². The van der Waals surface area contributed by atoms with E-state index in [1.165, 1.54) is 22.2 Å². The van der Waals surface area contributed by atoms with E-state index in [1.54, 1.807) is 0 Å². The molecule has 0 atom stereocenters. The Labute approximate surface area is 108 Å². The first-order valence-corrected chi connectivity index (χ1v) is 6.44. The fourth-order valence-corrected chi connectivity index (χ4v) is 2.49. The van der Waals surface area contributed by atoms with Gasteiger partial charge in [-0.25, -0.2) is 0 Å². The van der Waals surface area contributed by atoms with Gasteiger partial charge in [-0.05, 0) is 30.4 Å². The van der Waals surface area contributed by atoms with Gasteiger partial charge in [-0.2, -0.15) is 0 Å². The molecule has 1 heteroatoms. The van der Waals surface area contributed by atoms with Crippen molar-refractivity contribution in [3.05, 3.63) is 66.4 Å². The Bertz CT molecular complexity index is 617. The van der Waals surface area contributed by atoms with Crippen LogP contribution in [0.25, 0.3) is 10.8 Å². The third-order valence-corrected chi connectivity index (χ3v) is 3.49. The molecule has 0 fully saturated rings. The summed E-state index contributed by atoms with van der Waals surface area (Å²) in [6.45, 7) is 0. The summed E-state index contributed by atoms with van der Waals surface area (Å²) in [5.74, 6) is 0. The average Bonchev–Trinajstić information content (AvgIpc) is 2.47. The van der Waals surface area contributed by atoms with E-state index in [4.69, 9.17) is 0 Å². The summed E-state index contributed by atoms with van der Waals surface area (Å²) < 4.78 is 0. The van der Waals surface area contributed by atoms with E-state index >= 15 is 0 Å². The molecule has 3 rings (SSSR count). The molecule has 2 aromatic rings. The highest BCUT2D eigenvalue weighted by Gasteiger charge is 2.09. The van der Waals surface area contributed by atoms with Crippen LogP contribution in [0.4, 0.5) is 5.69 Å². The van der Waals surface area contributed by atoms with Gasteiger partial charge in [-0.3, -0.25) is 0 Å². The summed E-state index contributed by atoms with van der Waals surface area (Å²) >= 11 is 0. The summed E-state index contributed by atoms with van der Waals surface area (Å²) in [6, 6.07) is 15.0. The first kappa shape index (κ1) is 11.1. The lowest BCUT2D eigenvalue weighted by molar-refractivity contribution is 0.985. The summed E-state index contributed by atoms with van der Waals surface area (Å²) in [5, 5.41) is 2.60. The van der Waals surface area contributed by atoms with Crippen LogP contribution in [0.2, 0.25) is 0 Å². The van der Waals surface area contributed by atoms with Crippen LogP contribution in [0.15, 0.2) is 66.4 Å². The minimum atomic E-state index is 1.14. The second kappa shape index (κ2) is 4.69. The Hall–Kier alpha value is -2.02. The standard InChI is InChI=1S/C17H17N/c1-18(15-10-3-2-4-11-15)17-13-7-9-14-8-5-6-12-16(14)17/h3,5-13H,2,4H2,1H3. The quantitative estimate of drug-likeness (QED) is 0.740. The molecule has 1 aliphatic rings. The van der Waals surface area contributed by atoms with E-state index in [1.807, 2.05) is 0 Å². The van der Waals surface area contributed by atoms with Crippen LogP contribution in [0.5, 0.6) is 0 Å². The van der Waals surface area contributed by atoms with Gasteiger partial charge in [0.05, 0.1) is 0 Å². The molecule has 0 amide bonds. The highest BCUT2D eigenvalue weighted by atomic mass is 15.1. The minimum absolute atomic E-state index is 1.14. The highest BCUT2D eigenvalue weighted by Crippen LogP contribution is 2.29. The minimum Gasteiger partial charge on any atom is -0.344 e. The molecule has 90 valence electrons. The summed E-state index contributed by atoms with van der Waals surface area (Å²) in [7, 11) is 2.14. The number of benzene rings is 2. The highest BCUT2D eigenvalue weighted by molar-refractivity contribution is 5.95. The SMILES string of the molecule is CN(C1=CCCC=C1)c1cccc2ccccc12. The van der Waals surface area contributed by atoms with Crippen molar-refractivity contribution in [1.82, 2.24) is 0 Å². The van der Waals surface area contributed by atoms with E-state index in [0.717, 1.165) is 12.8 Å². The third kappa shape index (κ3) is 1.92. The fraction of sp³-hybridized carbons (Fsp3) is 0.176. The Balaban J connectivity index is 2.08. The van der Waals surface area contributed by atoms with Gasteiger partial charge in [0.25, 0.3) is 0 Å². The van der Waals surface area contributed by atoms with Crippen molar-refractivity contribution in [3.63, 3.8) is 0 Å². The van der Waals surface area contributed by atoms with Gasteiger partial charge in [0.15, 0.2) is 0 Å². The molecule has 0 N–H and O–H groups in total. The van der Waals surface area contributed by atoms with Crippen molar-refractivity contribution < 1.29 is 0 Å². The molecule has 0 bridgehead atoms. The summed E-state index contributed by atoms with van der Waals surface area (Å²) in [6.07, 6.45) is 9.07. The Kier molecular flexibility index (Phi) is 2.89. The third-order valence-electron chi connectivity index (χ3n) is 3.49. The van der Waals surface area contributed by atoms with Crippen molar-refractivity contribution in [3.8, 4) is 0 Å². The number of hydrogen-bond donors (Lipinski definition) is 0. The first-order chi connectivity index (χ1) is 8.86. The topological polar surface area (TPSA) is 3.24 Å². The number of rotatable bonds is 2. The predicted molar refractivity (Wildman–Crippen MR) is 78.8 cm³/mol. The summed E-state index contributed by atoms with van der Waals surface area (Å²) in [4.78, 5) is 2.28. The monoisotopic (exact) mass is 235 g/mol. The van der Waals surface area contributed by atoms with Crippen molar-refractivity contribution >= 4 is 16.5 Å². The number of fused-ring (bicyclic) bond motifs is 1. The molecule has 0 aliphatic heterocycles. The van der Waals surface area contributed by atoms with E-state index in [0.29, 0.717) is 0 Å². The molecule has 1 aliphatic carbocycles. The van der Waals surface area contributed by atoms with E-state index in [2.05, 4.69) is 72.6 Å². The van der Waals surface area contributed by atoms with E-state index in [9.17, 15) is 0 Å². The number of anilines is 1. The lowest BCUT2D eigenvalue weighted by atomic mass is 10.1. The van der Waals surface area contributed by atoms with Gasteiger partial charge in [0.2, 0.25) is 0 Å². The average molecular weight is 235 g/mol. The van der Waals surface area contributed by atoms with Gasteiger partial charge in [-0.15, -0.1) is 0 Å². The maximum Gasteiger partial charge on any atom is 0.0487 e. The van der Waals surface area contributed by atoms with E-state index < -0.39 is 0 Å². The van der Waals surface area contributed by atoms with Crippen LogP contribution in [-0.2, 0) is 0 Å². The van der Waals surface area contributed by atoms with Gasteiger partial charge < -0.3 is 4.90 Å². The van der Waals surface area contributed by atoms with Crippen molar-refractivity contribution in [2.75, 3.05) is 11.9 Å². The Morgan fingerprint density at radius 2 is 1.78 bits per heavy atom. The normalized spacial score (nSPS) is 14.6. The zero-order chi connectivity index (χ0) is 12.4. The van der Waals surface area contributed by atoms with Crippen molar-refractivity contribution in [2.24, 2.45) is 0 Å². The molecule has 0 saturated heterocycles. The van der Waals surface area contributed by atoms with Gasteiger partial charge in [0, 0.05) is 23.8 Å². The molecule has 1 nitrogen and oxygen atoms in total. The Morgan fingerprint density at radius 3 is 2.61 bits per heavy atom.